The van der Waals surface area contributed by atoms with Crippen molar-refractivity contribution < 1.29 is 9.90 Å². The van der Waals surface area contributed by atoms with Crippen LogP contribution in [0.5, 0.6) is 0 Å². The number of hydrogen-bond acceptors (Lipinski definition) is 5. The molecule has 6 nitrogen and oxygen atoms in total. The van der Waals surface area contributed by atoms with Crippen molar-refractivity contribution in [1.82, 2.24) is 9.97 Å². The Bertz CT molecular complexity index is 448. The number of nitrogens with zero attached hydrogens (tertiary/aromatic N) is 3. The topological polar surface area (TPSA) is 98.9 Å². The highest BCUT2D eigenvalue weighted by Crippen LogP contribution is 2.38. The normalized spacial score (nSPS) is 16.5. The third-order valence-corrected chi connectivity index (χ3v) is 2.28. The van der Waals surface area contributed by atoms with Crippen molar-refractivity contribution in [3.63, 3.8) is 0 Å². The SMILES string of the molecule is N#Cc1ccnc(NC2(C(=O)O)CC2)n1. The molecule has 1 fully saturated rings. The Balaban J connectivity index is 2.18. The number of carboxylic acids is 1. The second kappa shape index (κ2) is 3.20. The second-order valence-corrected chi connectivity index (χ2v) is 3.39. The van der Waals surface area contributed by atoms with Crippen molar-refractivity contribution >= 4 is 11.9 Å². The molecule has 0 saturated heterocycles. The smallest absolute Gasteiger partial charge is 0.329 e. The summed E-state index contributed by atoms with van der Waals surface area (Å²) in [6.45, 7) is 0. The monoisotopic (exact) mass is 204 g/mol. The minimum atomic E-state index is -0.923. The van der Waals surface area contributed by atoms with Gasteiger partial charge in [0.2, 0.25) is 5.95 Å². The first-order valence-electron chi connectivity index (χ1n) is 4.41. The molecule has 0 spiro atoms. The molecule has 1 aliphatic rings. The van der Waals surface area contributed by atoms with Gasteiger partial charge in [0.1, 0.15) is 17.3 Å². The number of nitrogens with one attached hydrogen (secondary N) is 1. The molecular formula is C9H8N4O2. The van der Waals surface area contributed by atoms with Crippen LogP contribution >= 0.6 is 0 Å². The van der Waals surface area contributed by atoms with Crippen LogP contribution in [0.3, 0.4) is 0 Å². The molecule has 2 rings (SSSR count). The fraction of sp³-hybridized carbons (Fsp3) is 0.333. The highest BCUT2D eigenvalue weighted by molar-refractivity contribution is 5.85. The molecule has 1 saturated carbocycles. The number of carboxylic acid groups (broad SMARTS) is 1. The van der Waals surface area contributed by atoms with Crippen LogP contribution < -0.4 is 5.32 Å². The van der Waals surface area contributed by atoms with E-state index >= 15 is 0 Å². The Morgan fingerprint density at radius 2 is 2.40 bits per heavy atom. The van der Waals surface area contributed by atoms with Crippen molar-refractivity contribution in [3.8, 4) is 6.07 Å². The van der Waals surface area contributed by atoms with Gasteiger partial charge in [0.25, 0.3) is 0 Å². The van der Waals surface area contributed by atoms with Crippen LogP contribution in [-0.2, 0) is 4.79 Å². The number of hydrogen-bond donors (Lipinski definition) is 2. The zero-order valence-corrected chi connectivity index (χ0v) is 7.77. The Labute approximate surface area is 85.6 Å². The molecule has 15 heavy (non-hydrogen) atoms. The highest BCUT2D eigenvalue weighted by Gasteiger charge is 2.51. The van der Waals surface area contributed by atoms with Crippen molar-refractivity contribution in [2.45, 2.75) is 18.4 Å². The van der Waals surface area contributed by atoms with Crippen molar-refractivity contribution in [2.75, 3.05) is 5.32 Å². The third-order valence-electron chi connectivity index (χ3n) is 2.28. The number of carbonyl (C=O) groups is 1. The van der Waals surface area contributed by atoms with Gasteiger partial charge < -0.3 is 10.4 Å². The van der Waals surface area contributed by atoms with Crippen molar-refractivity contribution in [1.29, 1.82) is 5.26 Å². The summed E-state index contributed by atoms with van der Waals surface area (Å²) in [4.78, 5) is 18.6. The molecule has 6 heteroatoms. The Kier molecular flexibility index (Phi) is 2.01. The van der Waals surface area contributed by atoms with Crippen molar-refractivity contribution in [3.05, 3.63) is 18.0 Å². The van der Waals surface area contributed by atoms with Gasteiger partial charge in [-0.1, -0.05) is 0 Å². The van der Waals surface area contributed by atoms with Crippen LogP contribution in [0.1, 0.15) is 18.5 Å². The van der Waals surface area contributed by atoms with Gasteiger partial charge in [-0.05, 0) is 18.9 Å². The van der Waals surface area contributed by atoms with Crippen LogP contribution in [0.2, 0.25) is 0 Å². The quantitative estimate of drug-likeness (QED) is 0.738. The summed E-state index contributed by atoms with van der Waals surface area (Å²) in [6.07, 6.45) is 2.54. The van der Waals surface area contributed by atoms with E-state index in [1.165, 1.54) is 12.3 Å². The number of anilines is 1. The Morgan fingerprint density at radius 1 is 1.67 bits per heavy atom. The van der Waals surface area contributed by atoms with Crippen LogP contribution in [0.25, 0.3) is 0 Å². The molecule has 0 atom stereocenters. The predicted octanol–water partition coefficient (Wildman–Crippen LogP) is 0.377. The standard InChI is InChI=1S/C9H8N4O2/c10-5-6-1-4-11-8(12-6)13-9(2-3-9)7(14)15/h1,4H,2-3H2,(H,14,15)(H,11,12,13). The molecule has 1 aliphatic carbocycles. The number of aromatic nitrogens is 2. The van der Waals surface area contributed by atoms with E-state index in [2.05, 4.69) is 15.3 Å². The van der Waals surface area contributed by atoms with E-state index in [0.717, 1.165) is 0 Å². The molecule has 0 radical (unpaired) electrons. The van der Waals surface area contributed by atoms with E-state index in [-0.39, 0.29) is 11.6 Å². The summed E-state index contributed by atoms with van der Waals surface area (Å²) < 4.78 is 0. The lowest BCUT2D eigenvalue weighted by Crippen LogP contribution is -2.32. The molecule has 0 aliphatic heterocycles. The highest BCUT2D eigenvalue weighted by atomic mass is 16.4. The first-order valence-corrected chi connectivity index (χ1v) is 4.41. The molecule has 0 aromatic carbocycles. The lowest BCUT2D eigenvalue weighted by molar-refractivity contribution is -0.138. The van der Waals surface area contributed by atoms with Crippen LogP contribution in [0.4, 0.5) is 5.95 Å². The summed E-state index contributed by atoms with van der Waals surface area (Å²) in [7, 11) is 0. The van der Waals surface area contributed by atoms with Crippen LogP contribution in [-0.4, -0.2) is 26.6 Å². The van der Waals surface area contributed by atoms with Gasteiger partial charge in [-0.25, -0.2) is 14.8 Å². The number of nitriles is 1. The van der Waals surface area contributed by atoms with E-state index in [4.69, 9.17) is 10.4 Å². The zero-order chi connectivity index (χ0) is 10.9. The molecule has 0 bridgehead atoms. The summed E-state index contributed by atoms with van der Waals surface area (Å²) >= 11 is 0. The van der Waals surface area contributed by atoms with E-state index in [9.17, 15) is 4.79 Å². The van der Waals surface area contributed by atoms with Gasteiger partial charge in [0, 0.05) is 6.20 Å². The minimum absolute atomic E-state index is 0.189. The summed E-state index contributed by atoms with van der Waals surface area (Å²) in [5.74, 6) is -0.720. The fourth-order valence-electron chi connectivity index (χ4n) is 1.21. The molecular weight excluding hydrogens is 196 g/mol. The maximum Gasteiger partial charge on any atom is 0.329 e. The molecule has 1 aromatic heterocycles. The lowest BCUT2D eigenvalue weighted by Gasteiger charge is -2.11. The maximum absolute atomic E-state index is 10.9. The summed E-state index contributed by atoms with van der Waals surface area (Å²) in [5.41, 5.74) is -0.706. The van der Waals surface area contributed by atoms with Gasteiger partial charge in [0.05, 0.1) is 0 Å². The number of aliphatic carboxylic acids is 1. The molecule has 1 heterocycles. The van der Waals surface area contributed by atoms with E-state index in [1.807, 2.05) is 6.07 Å². The predicted molar refractivity (Wildman–Crippen MR) is 50.0 cm³/mol. The van der Waals surface area contributed by atoms with Gasteiger partial charge in [-0.15, -0.1) is 0 Å². The van der Waals surface area contributed by atoms with E-state index in [0.29, 0.717) is 12.8 Å². The zero-order valence-electron chi connectivity index (χ0n) is 7.77. The average molecular weight is 204 g/mol. The first kappa shape index (κ1) is 9.40. The largest absolute Gasteiger partial charge is 0.480 e. The molecule has 1 aromatic rings. The van der Waals surface area contributed by atoms with Gasteiger partial charge in [-0.2, -0.15) is 5.26 Å². The molecule has 0 unspecified atom stereocenters. The van der Waals surface area contributed by atoms with Gasteiger partial charge in [-0.3, -0.25) is 0 Å². The molecule has 76 valence electrons. The van der Waals surface area contributed by atoms with E-state index < -0.39 is 11.5 Å². The maximum atomic E-state index is 10.9. The number of rotatable bonds is 3. The summed E-state index contributed by atoms with van der Waals surface area (Å²) in [5, 5.41) is 20.2. The average Bonchev–Trinajstić information content (AvgIpc) is 2.99. The van der Waals surface area contributed by atoms with Gasteiger partial charge >= 0.3 is 5.97 Å². The third kappa shape index (κ3) is 1.72. The lowest BCUT2D eigenvalue weighted by atomic mass is 10.3. The fourth-order valence-corrected chi connectivity index (χ4v) is 1.21. The van der Waals surface area contributed by atoms with E-state index in [1.54, 1.807) is 0 Å². The van der Waals surface area contributed by atoms with Crippen molar-refractivity contribution in [2.24, 2.45) is 0 Å². The van der Waals surface area contributed by atoms with Crippen LogP contribution in [0, 0.1) is 11.3 Å². The molecule has 2 N–H and O–H groups in total. The summed E-state index contributed by atoms with van der Waals surface area (Å²) in [6, 6.07) is 3.33. The minimum Gasteiger partial charge on any atom is -0.480 e. The van der Waals surface area contributed by atoms with Crippen LogP contribution in [0.15, 0.2) is 12.3 Å². The first-order chi connectivity index (χ1) is 7.16. The van der Waals surface area contributed by atoms with Gasteiger partial charge in [0.15, 0.2) is 0 Å². The molecule has 0 amide bonds. The Hall–Kier alpha value is -2.16. The Morgan fingerprint density at radius 3 is 2.93 bits per heavy atom. The second-order valence-electron chi connectivity index (χ2n) is 3.39.